The van der Waals surface area contributed by atoms with Crippen LogP contribution in [0.4, 0.5) is 0 Å². The lowest BCUT2D eigenvalue weighted by Crippen LogP contribution is -2.38. The fourth-order valence-electron chi connectivity index (χ4n) is 2.21. The third-order valence-corrected chi connectivity index (χ3v) is 3.71. The predicted octanol–water partition coefficient (Wildman–Crippen LogP) is 3.64. The molecule has 1 rings (SSSR count). The molecule has 20 heavy (non-hydrogen) atoms. The summed E-state index contributed by atoms with van der Waals surface area (Å²) in [6.07, 6.45) is 0.792. The highest BCUT2D eigenvalue weighted by atomic mass is 79.9. The summed E-state index contributed by atoms with van der Waals surface area (Å²) in [6, 6.07) is 7.95. The quantitative estimate of drug-likeness (QED) is 0.859. The van der Waals surface area contributed by atoms with Crippen molar-refractivity contribution in [3.8, 4) is 0 Å². The standard InChI is InChI=1S/C16H25BrN2O/c1-11(12-6-5-7-14(17)8-12)19-15(20)13(10-18)9-16(2,3)4/h5-8,11,13H,9-10,18H2,1-4H3,(H,19,20)/t11-,13?/m0/s1. The molecule has 112 valence electrons. The number of nitrogens with one attached hydrogen (secondary N) is 1. The molecule has 0 aliphatic rings. The maximum atomic E-state index is 12.3. The van der Waals surface area contributed by atoms with Gasteiger partial charge in [0.1, 0.15) is 0 Å². The van der Waals surface area contributed by atoms with E-state index in [1.54, 1.807) is 0 Å². The molecule has 3 nitrogen and oxygen atoms in total. The van der Waals surface area contributed by atoms with E-state index in [9.17, 15) is 4.79 Å². The average molecular weight is 341 g/mol. The number of carbonyl (C=O) groups excluding carboxylic acids is 1. The molecule has 0 radical (unpaired) electrons. The Morgan fingerprint density at radius 2 is 2.05 bits per heavy atom. The number of halogens is 1. The molecule has 1 aromatic carbocycles. The number of nitrogens with two attached hydrogens (primary N) is 1. The molecule has 1 unspecified atom stereocenters. The van der Waals surface area contributed by atoms with E-state index in [-0.39, 0.29) is 23.3 Å². The molecule has 0 aromatic heterocycles. The Morgan fingerprint density at radius 3 is 2.55 bits per heavy atom. The van der Waals surface area contributed by atoms with Crippen LogP contribution in [-0.4, -0.2) is 12.5 Å². The number of rotatable bonds is 5. The minimum absolute atomic E-state index is 0.0194. The van der Waals surface area contributed by atoms with Gasteiger partial charge < -0.3 is 11.1 Å². The molecule has 0 aliphatic carbocycles. The van der Waals surface area contributed by atoms with Crippen LogP contribution in [0.1, 0.15) is 45.7 Å². The normalized spacial score (nSPS) is 14.7. The smallest absolute Gasteiger partial charge is 0.224 e. The van der Waals surface area contributed by atoms with E-state index < -0.39 is 0 Å². The van der Waals surface area contributed by atoms with Gasteiger partial charge in [-0.2, -0.15) is 0 Å². The highest BCUT2D eigenvalue weighted by Crippen LogP contribution is 2.25. The Morgan fingerprint density at radius 1 is 1.40 bits per heavy atom. The summed E-state index contributed by atoms with van der Waals surface area (Å²) in [5.74, 6) is -0.0977. The van der Waals surface area contributed by atoms with Crippen molar-refractivity contribution in [1.29, 1.82) is 0 Å². The van der Waals surface area contributed by atoms with E-state index >= 15 is 0 Å². The summed E-state index contributed by atoms with van der Waals surface area (Å²) < 4.78 is 1.01. The molecule has 0 fully saturated rings. The molecular weight excluding hydrogens is 316 g/mol. The molecule has 0 spiro atoms. The van der Waals surface area contributed by atoms with Crippen LogP contribution in [-0.2, 0) is 4.79 Å². The minimum Gasteiger partial charge on any atom is -0.349 e. The van der Waals surface area contributed by atoms with Crippen LogP contribution < -0.4 is 11.1 Å². The Balaban J connectivity index is 2.68. The number of hydrogen-bond acceptors (Lipinski definition) is 2. The van der Waals surface area contributed by atoms with Crippen LogP contribution in [0.2, 0.25) is 0 Å². The molecule has 1 amide bonds. The molecular formula is C16H25BrN2O. The van der Waals surface area contributed by atoms with E-state index in [1.807, 2.05) is 31.2 Å². The lowest BCUT2D eigenvalue weighted by molar-refractivity contribution is -0.126. The van der Waals surface area contributed by atoms with Gasteiger partial charge in [0.25, 0.3) is 0 Å². The summed E-state index contributed by atoms with van der Waals surface area (Å²) in [4.78, 5) is 12.3. The molecule has 0 saturated carbocycles. The zero-order valence-corrected chi connectivity index (χ0v) is 14.3. The van der Waals surface area contributed by atoms with Gasteiger partial charge in [-0.1, -0.05) is 48.8 Å². The second kappa shape index (κ2) is 7.23. The van der Waals surface area contributed by atoms with Gasteiger partial charge in [0.2, 0.25) is 5.91 Å². The second-order valence-electron chi connectivity index (χ2n) is 6.48. The lowest BCUT2D eigenvalue weighted by Gasteiger charge is -2.26. The van der Waals surface area contributed by atoms with Crippen molar-refractivity contribution >= 4 is 21.8 Å². The first kappa shape index (κ1) is 17.2. The van der Waals surface area contributed by atoms with Crippen molar-refractivity contribution in [1.82, 2.24) is 5.32 Å². The van der Waals surface area contributed by atoms with Crippen molar-refractivity contribution < 1.29 is 4.79 Å². The fraction of sp³-hybridized carbons (Fsp3) is 0.562. The van der Waals surface area contributed by atoms with Crippen molar-refractivity contribution in [2.45, 2.75) is 40.2 Å². The number of amides is 1. The van der Waals surface area contributed by atoms with E-state index in [2.05, 4.69) is 42.0 Å². The van der Waals surface area contributed by atoms with Crippen LogP contribution >= 0.6 is 15.9 Å². The Bertz CT molecular complexity index is 454. The van der Waals surface area contributed by atoms with Crippen molar-refractivity contribution in [2.24, 2.45) is 17.1 Å². The highest BCUT2D eigenvalue weighted by molar-refractivity contribution is 9.10. The van der Waals surface area contributed by atoms with Crippen LogP contribution in [0.5, 0.6) is 0 Å². The molecule has 4 heteroatoms. The average Bonchev–Trinajstić information content (AvgIpc) is 2.34. The van der Waals surface area contributed by atoms with Crippen LogP contribution in [0.3, 0.4) is 0 Å². The molecule has 0 aliphatic heterocycles. The van der Waals surface area contributed by atoms with E-state index in [1.165, 1.54) is 0 Å². The van der Waals surface area contributed by atoms with Gasteiger partial charge in [0.05, 0.1) is 12.0 Å². The number of hydrogen-bond donors (Lipinski definition) is 2. The van der Waals surface area contributed by atoms with Gasteiger partial charge in [0.15, 0.2) is 0 Å². The number of benzene rings is 1. The van der Waals surface area contributed by atoms with Gasteiger partial charge in [-0.05, 0) is 36.5 Å². The topological polar surface area (TPSA) is 55.1 Å². The second-order valence-corrected chi connectivity index (χ2v) is 7.40. The zero-order valence-electron chi connectivity index (χ0n) is 12.7. The first-order valence-electron chi connectivity index (χ1n) is 6.99. The first-order chi connectivity index (χ1) is 9.23. The van der Waals surface area contributed by atoms with Crippen LogP contribution in [0.25, 0.3) is 0 Å². The largest absolute Gasteiger partial charge is 0.349 e. The van der Waals surface area contributed by atoms with Gasteiger partial charge in [-0.15, -0.1) is 0 Å². The Hall–Kier alpha value is -0.870. The first-order valence-corrected chi connectivity index (χ1v) is 7.78. The molecule has 0 bridgehead atoms. The van der Waals surface area contributed by atoms with E-state index in [0.29, 0.717) is 6.54 Å². The summed E-state index contributed by atoms with van der Waals surface area (Å²) >= 11 is 3.45. The molecule has 2 atom stereocenters. The van der Waals surface area contributed by atoms with Crippen molar-refractivity contribution in [3.63, 3.8) is 0 Å². The lowest BCUT2D eigenvalue weighted by atomic mass is 9.84. The van der Waals surface area contributed by atoms with E-state index in [4.69, 9.17) is 5.73 Å². The maximum absolute atomic E-state index is 12.3. The third-order valence-electron chi connectivity index (χ3n) is 3.22. The van der Waals surface area contributed by atoms with Gasteiger partial charge in [-0.3, -0.25) is 4.79 Å². The molecule has 0 heterocycles. The van der Waals surface area contributed by atoms with Crippen LogP contribution in [0.15, 0.2) is 28.7 Å². The SMILES string of the molecule is C[C@H](NC(=O)C(CN)CC(C)(C)C)c1cccc(Br)c1. The van der Waals surface area contributed by atoms with Gasteiger partial charge in [-0.25, -0.2) is 0 Å². The predicted molar refractivity (Wildman–Crippen MR) is 87.3 cm³/mol. The molecule has 1 aromatic rings. The third kappa shape index (κ3) is 5.63. The highest BCUT2D eigenvalue weighted by Gasteiger charge is 2.24. The Labute approximate surface area is 130 Å². The van der Waals surface area contributed by atoms with Gasteiger partial charge >= 0.3 is 0 Å². The molecule has 3 N–H and O–H groups in total. The maximum Gasteiger partial charge on any atom is 0.224 e. The van der Waals surface area contributed by atoms with Crippen molar-refractivity contribution in [2.75, 3.05) is 6.54 Å². The fourth-order valence-corrected chi connectivity index (χ4v) is 2.63. The minimum atomic E-state index is -0.135. The van der Waals surface area contributed by atoms with E-state index in [0.717, 1.165) is 16.5 Å². The number of carbonyl (C=O) groups is 1. The Kier molecular flexibility index (Phi) is 6.21. The monoisotopic (exact) mass is 340 g/mol. The summed E-state index contributed by atoms with van der Waals surface area (Å²) in [5, 5.41) is 3.06. The molecule has 0 saturated heterocycles. The summed E-state index contributed by atoms with van der Waals surface area (Å²) in [6.45, 7) is 8.75. The zero-order chi connectivity index (χ0) is 15.3. The van der Waals surface area contributed by atoms with Crippen molar-refractivity contribution in [3.05, 3.63) is 34.3 Å². The van der Waals surface area contributed by atoms with Crippen LogP contribution in [0, 0.1) is 11.3 Å². The summed E-state index contributed by atoms with van der Waals surface area (Å²) in [7, 11) is 0. The van der Waals surface area contributed by atoms with Gasteiger partial charge in [0, 0.05) is 11.0 Å². The summed E-state index contributed by atoms with van der Waals surface area (Å²) in [5.41, 5.74) is 6.93.